The molecule has 0 bridgehead atoms. The Balaban J connectivity index is 2.51. The first kappa shape index (κ1) is 28.3. The van der Waals surface area contributed by atoms with E-state index in [-0.39, 0.29) is 23.9 Å². The Labute approximate surface area is 212 Å². The van der Waals surface area contributed by atoms with Gasteiger partial charge in [0.1, 0.15) is 24.1 Å². The van der Waals surface area contributed by atoms with E-state index in [1.807, 2.05) is 0 Å². The molecule has 0 spiro atoms. The van der Waals surface area contributed by atoms with Gasteiger partial charge in [0.2, 0.25) is 21.8 Å². The van der Waals surface area contributed by atoms with Crippen LogP contribution in [0, 0.1) is 0 Å². The van der Waals surface area contributed by atoms with E-state index in [1.54, 1.807) is 50.2 Å². The SMILES string of the molecule is CCNC(=O)[C@@H](CC)N(Cc1ccc(Cl)cc1)C(=O)CN(c1cc(OC)ccc1OC)S(C)(=O)=O. The molecule has 0 radical (unpaired) electrons. The number of hydrogen-bond acceptors (Lipinski definition) is 6. The summed E-state index contributed by atoms with van der Waals surface area (Å²) in [6.45, 7) is 3.54. The highest BCUT2D eigenvalue weighted by atomic mass is 35.5. The summed E-state index contributed by atoms with van der Waals surface area (Å²) in [4.78, 5) is 27.8. The molecule has 0 aromatic heterocycles. The van der Waals surface area contributed by atoms with Crippen molar-refractivity contribution in [1.82, 2.24) is 10.2 Å². The molecule has 0 saturated carbocycles. The summed E-state index contributed by atoms with van der Waals surface area (Å²) in [5.41, 5.74) is 0.899. The minimum absolute atomic E-state index is 0.0957. The van der Waals surface area contributed by atoms with Crippen molar-refractivity contribution in [3.63, 3.8) is 0 Å². The van der Waals surface area contributed by atoms with Crippen molar-refractivity contribution < 1.29 is 27.5 Å². The number of methoxy groups -OCH3 is 2. The molecule has 11 heteroatoms. The Morgan fingerprint density at radius 3 is 2.23 bits per heavy atom. The fraction of sp³-hybridized carbons (Fsp3) is 0.417. The molecule has 0 aliphatic heterocycles. The number of amides is 2. The standard InChI is InChI=1S/C24H32ClN3O6S/c1-6-20(24(30)26-7-2)27(15-17-8-10-18(25)11-9-17)23(29)16-28(35(5,31)32)21-14-19(33-3)12-13-22(21)34-4/h8-14,20H,6-7,15-16H2,1-5H3,(H,26,30)/t20-/m1/s1. The van der Waals surface area contributed by atoms with Gasteiger partial charge in [0.05, 0.1) is 26.2 Å². The maximum Gasteiger partial charge on any atom is 0.244 e. The van der Waals surface area contributed by atoms with Gasteiger partial charge in [0, 0.05) is 24.2 Å². The van der Waals surface area contributed by atoms with E-state index in [4.69, 9.17) is 21.1 Å². The van der Waals surface area contributed by atoms with Crippen molar-refractivity contribution >= 4 is 39.1 Å². The number of carbonyl (C=O) groups is 2. The number of rotatable bonds is 12. The topological polar surface area (TPSA) is 105 Å². The Kier molecular flexibility index (Phi) is 10.2. The van der Waals surface area contributed by atoms with Gasteiger partial charge in [-0.2, -0.15) is 0 Å². The van der Waals surface area contributed by atoms with Gasteiger partial charge in [-0.3, -0.25) is 13.9 Å². The fourth-order valence-electron chi connectivity index (χ4n) is 3.58. The van der Waals surface area contributed by atoms with Crippen LogP contribution in [0.5, 0.6) is 11.5 Å². The number of anilines is 1. The van der Waals surface area contributed by atoms with Crippen LogP contribution in [0.25, 0.3) is 0 Å². The Bertz CT molecular complexity index is 1120. The van der Waals surface area contributed by atoms with Gasteiger partial charge in [-0.15, -0.1) is 0 Å². The number of ether oxygens (including phenoxy) is 2. The Morgan fingerprint density at radius 2 is 1.71 bits per heavy atom. The molecule has 0 aliphatic carbocycles. The van der Waals surface area contributed by atoms with Gasteiger partial charge in [-0.25, -0.2) is 8.42 Å². The van der Waals surface area contributed by atoms with E-state index < -0.39 is 28.5 Å². The Morgan fingerprint density at radius 1 is 1.06 bits per heavy atom. The van der Waals surface area contributed by atoms with E-state index in [2.05, 4.69) is 5.32 Å². The molecular weight excluding hydrogens is 494 g/mol. The smallest absolute Gasteiger partial charge is 0.244 e. The van der Waals surface area contributed by atoms with E-state index in [9.17, 15) is 18.0 Å². The molecule has 1 atom stereocenters. The highest BCUT2D eigenvalue weighted by Gasteiger charge is 2.32. The van der Waals surface area contributed by atoms with Gasteiger partial charge in [0.15, 0.2) is 0 Å². The van der Waals surface area contributed by atoms with Crippen molar-refractivity contribution in [2.24, 2.45) is 0 Å². The predicted molar refractivity (Wildman–Crippen MR) is 137 cm³/mol. The molecule has 9 nitrogen and oxygen atoms in total. The number of carbonyl (C=O) groups excluding carboxylic acids is 2. The largest absolute Gasteiger partial charge is 0.497 e. The number of benzene rings is 2. The van der Waals surface area contributed by atoms with Crippen LogP contribution in [0.2, 0.25) is 5.02 Å². The zero-order valence-corrected chi connectivity index (χ0v) is 22.1. The highest BCUT2D eigenvalue weighted by Crippen LogP contribution is 2.34. The third-order valence-electron chi connectivity index (χ3n) is 5.34. The van der Waals surface area contributed by atoms with Crippen LogP contribution in [-0.4, -0.2) is 64.7 Å². The highest BCUT2D eigenvalue weighted by molar-refractivity contribution is 7.92. The van der Waals surface area contributed by atoms with Crippen molar-refractivity contribution in [1.29, 1.82) is 0 Å². The van der Waals surface area contributed by atoms with Crippen LogP contribution in [0.15, 0.2) is 42.5 Å². The molecule has 0 unspecified atom stereocenters. The van der Waals surface area contributed by atoms with Crippen molar-refractivity contribution in [3.8, 4) is 11.5 Å². The second-order valence-corrected chi connectivity index (χ2v) is 10.1. The third kappa shape index (κ3) is 7.50. The van der Waals surface area contributed by atoms with Crippen LogP contribution in [-0.2, 0) is 26.2 Å². The van der Waals surface area contributed by atoms with Gasteiger partial charge >= 0.3 is 0 Å². The molecule has 192 valence electrons. The first-order chi connectivity index (χ1) is 16.5. The molecule has 1 N–H and O–H groups in total. The number of nitrogens with one attached hydrogen (secondary N) is 1. The summed E-state index contributed by atoms with van der Waals surface area (Å²) >= 11 is 5.99. The van der Waals surface area contributed by atoms with Crippen LogP contribution in [0.1, 0.15) is 25.8 Å². The summed E-state index contributed by atoms with van der Waals surface area (Å²) in [6.07, 6.45) is 1.34. The van der Waals surface area contributed by atoms with Crippen molar-refractivity contribution in [2.75, 3.05) is 37.9 Å². The first-order valence-electron chi connectivity index (χ1n) is 11.1. The van der Waals surface area contributed by atoms with Crippen LogP contribution in [0.4, 0.5) is 5.69 Å². The lowest BCUT2D eigenvalue weighted by Crippen LogP contribution is -2.52. The molecule has 0 heterocycles. The van der Waals surface area contributed by atoms with Crippen molar-refractivity contribution in [2.45, 2.75) is 32.9 Å². The monoisotopic (exact) mass is 525 g/mol. The molecule has 2 aromatic carbocycles. The minimum atomic E-state index is -3.91. The zero-order valence-electron chi connectivity index (χ0n) is 20.6. The van der Waals surface area contributed by atoms with E-state index in [0.717, 1.165) is 16.1 Å². The van der Waals surface area contributed by atoms with E-state index >= 15 is 0 Å². The summed E-state index contributed by atoms with van der Waals surface area (Å²) < 4.78 is 37.1. The molecule has 2 amide bonds. The fourth-order valence-corrected chi connectivity index (χ4v) is 4.56. The van der Waals surface area contributed by atoms with Crippen LogP contribution < -0.4 is 19.1 Å². The number of hydrogen-bond donors (Lipinski definition) is 1. The molecule has 35 heavy (non-hydrogen) atoms. The van der Waals surface area contributed by atoms with Gasteiger partial charge < -0.3 is 19.7 Å². The van der Waals surface area contributed by atoms with E-state index in [0.29, 0.717) is 23.7 Å². The summed E-state index contributed by atoms with van der Waals surface area (Å²) in [6, 6.07) is 10.8. The van der Waals surface area contributed by atoms with Crippen LogP contribution >= 0.6 is 11.6 Å². The molecule has 2 aromatic rings. The van der Waals surface area contributed by atoms with Gasteiger partial charge in [0.25, 0.3) is 0 Å². The number of halogens is 1. The maximum atomic E-state index is 13.6. The second kappa shape index (κ2) is 12.6. The summed E-state index contributed by atoms with van der Waals surface area (Å²) in [7, 11) is -1.06. The predicted octanol–water partition coefficient (Wildman–Crippen LogP) is 3.07. The quantitative estimate of drug-likeness (QED) is 0.456. The van der Waals surface area contributed by atoms with Crippen LogP contribution in [0.3, 0.4) is 0 Å². The molecule has 0 fully saturated rings. The first-order valence-corrected chi connectivity index (χ1v) is 13.3. The average molecular weight is 526 g/mol. The number of nitrogens with zero attached hydrogens (tertiary/aromatic N) is 2. The second-order valence-electron chi connectivity index (χ2n) is 7.77. The number of likely N-dealkylation sites (N-methyl/N-ethyl adjacent to an activating group) is 1. The summed E-state index contributed by atoms with van der Waals surface area (Å²) in [5.74, 6) is -0.215. The maximum absolute atomic E-state index is 13.6. The zero-order chi connectivity index (χ0) is 26.2. The molecule has 0 aliphatic rings. The molecule has 0 saturated heterocycles. The lowest BCUT2D eigenvalue weighted by atomic mass is 10.1. The molecular formula is C24H32ClN3O6S. The average Bonchev–Trinajstić information content (AvgIpc) is 2.82. The summed E-state index contributed by atoms with van der Waals surface area (Å²) in [5, 5.41) is 3.29. The lowest BCUT2D eigenvalue weighted by Gasteiger charge is -2.33. The van der Waals surface area contributed by atoms with Gasteiger partial charge in [-0.05, 0) is 43.2 Å². The lowest BCUT2D eigenvalue weighted by molar-refractivity contribution is -0.140. The van der Waals surface area contributed by atoms with Crippen molar-refractivity contribution in [3.05, 3.63) is 53.1 Å². The number of sulfonamides is 1. The minimum Gasteiger partial charge on any atom is -0.497 e. The van der Waals surface area contributed by atoms with Gasteiger partial charge in [-0.1, -0.05) is 30.7 Å². The Hall–Kier alpha value is -2.98. The van der Waals surface area contributed by atoms with E-state index in [1.165, 1.54) is 25.2 Å². The molecule has 2 rings (SSSR count). The normalized spacial score (nSPS) is 11.9. The third-order valence-corrected chi connectivity index (χ3v) is 6.72.